The molecule has 1 aromatic rings. The largest absolute Gasteiger partial charge is 0.391 e. The van der Waals surface area contributed by atoms with Crippen LogP contribution in [-0.2, 0) is 13.2 Å². The third-order valence-electron chi connectivity index (χ3n) is 3.02. The van der Waals surface area contributed by atoms with E-state index in [-0.39, 0.29) is 6.61 Å². The Bertz CT molecular complexity index is 343. The number of aliphatic hydroxyl groups excluding tert-OH is 1. The third-order valence-corrected chi connectivity index (χ3v) is 4.06. The number of hydrogen-bond acceptors (Lipinski definition) is 4. The molecule has 16 heavy (non-hydrogen) atoms. The van der Waals surface area contributed by atoms with E-state index < -0.39 is 0 Å². The average Bonchev–Trinajstić information content (AvgIpc) is 2.87. The zero-order valence-corrected chi connectivity index (χ0v) is 10.9. The summed E-state index contributed by atoms with van der Waals surface area (Å²) in [5.41, 5.74) is 1.08. The fraction of sp³-hybridized carbons (Fsp3) is 0.750. The molecule has 1 aliphatic rings. The summed E-state index contributed by atoms with van der Waals surface area (Å²) in [5.74, 6) is 0.408. The van der Waals surface area contributed by atoms with E-state index in [1.807, 2.05) is 0 Å². The summed E-state index contributed by atoms with van der Waals surface area (Å²) >= 11 is 1.67. The lowest BCUT2D eigenvalue weighted by Crippen LogP contribution is -2.18. The predicted octanol–water partition coefficient (Wildman–Crippen LogP) is 2.35. The van der Waals surface area contributed by atoms with Crippen molar-refractivity contribution in [2.24, 2.45) is 0 Å². The van der Waals surface area contributed by atoms with Crippen molar-refractivity contribution in [3.63, 3.8) is 0 Å². The van der Waals surface area contributed by atoms with Crippen molar-refractivity contribution in [2.75, 3.05) is 13.1 Å². The van der Waals surface area contributed by atoms with Crippen LogP contribution in [0.3, 0.4) is 0 Å². The van der Waals surface area contributed by atoms with Gasteiger partial charge in [0, 0.05) is 0 Å². The van der Waals surface area contributed by atoms with E-state index in [1.54, 1.807) is 11.3 Å². The summed E-state index contributed by atoms with van der Waals surface area (Å²) in [6.07, 6.45) is 2.63. The zero-order chi connectivity index (χ0) is 11.5. The molecule has 0 saturated carbocycles. The van der Waals surface area contributed by atoms with Crippen LogP contribution >= 0.6 is 11.3 Å². The number of hydrogen-bond donors (Lipinski definition) is 1. The number of nitrogens with zero attached hydrogens (tertiary/aromatic N) is 2. The van der Waals surface area contributed by atoms with Crippen molar-refractivity contribution in [1.82, 2.24) is 9.88 Å². The first-order valence-electron chi connectivity index (χ1n) is 6.02. The van der Waals surface area contributed by atoms with Gasteiger partial charge in [-0.1, -0.05) is 13.8 Å². The minimum Gasteiger partial charge on any atom is -0.391 e. The molecule has 0 aliphatic carbocycles. The predicted molar refractivity (Wildman–Crippen MR) is 66.6 cm³/mol. The number of aromatic nitrogens is 1. The molecule has 0 unspecified atom stereocenters. The zero-order valence-electron chi connectivity index (χ0n) is 10.1. The fourth-order valence-electron chi connectivity index (χ4n) is 2.18. The van der Waals surface area contributed by atoms with Gasteiger partial charge in [-0.2, -0.15) is 0 Å². The van der Waals surface area contributed by atoms with E-state index in [4.69, 9.17) is 0 Å². The molecule has 2 rings (SSSR count). The van der Waals surface area contributed by atoms with Crippen molar-refractivity contribution in [1.29, 1.82) is 0 Å². The lowest BCUT2D eigenvalue weighted by atomic mass is 10.1. The maximum Gasteiger partial charge on any atom is 0.107 e. The molecule has 1 aromatic heterocycles. The number of aliphatic hydroxyl groups is 1. The van der Waals surface area contributed by atoms with Gasteiger partial charge in [0.05, 0.1) is 23.7 Å². The first-order chi connectivity index (χ1) is 7.70. The quantitative estimate of drug-likeness (QED) is 0.877. The van der Waals surface area contributed by atoms with E-state index in [0.29, 0.717) is 5.92 Å². The highest BCUT2D eigenvalue weighted by molar-refractivity contribution is 7.11. The third kappa shape index (κ3) is 2.62. The Morgan fingerprint density at radius 2 is 2.06 bits per heavy atom. The molecular weight excluding hydrogens is 220 g/mol. The first-order valence-corrected chi connectivity index (χ1v) is 6.84. The molecule has 2 heterocycles. The van der Waals surface area contributed by atoms with Crippen molar-refractivity contribution in [3.05, 3.63) is 15.6 Å². The Morgan fingerprint density at radius 1 is 1.38 bits per heavy atom. The van der Waals surface area contributed by atoms with Crippen LogP contribution in [0.15, 0.2) is 0 Å². The monoisotopic (exact) mass is 240 g/mol. The standard InChI is InChI=1S/C12H20N2OS/c1-9(2)12-10(8-15)16-11(13-12)7-14-5-3-4-6-14/h9,15H,3-8H2,1-2H3. The van der Waals surface area contributed by atoms with Gasteiger partial charge in [0.15, 0.2) is 0 Å². The molecule has 0 bridgehead atoms. The Hall–Kier alpha value is -0.450. The normalized spacial score (nSPS) is 17.5. The first kappa shape index (κ1) is 12.0. The van der Waals surface area contributed by atoms with Gasteiger partial charge >= 0.3 is 0 Å². The molecule has 0 atom stereocenters. The second-order valence-electron chi connectivity index (χ2n) is 4.71. The van der Waals surface area contributed by atoms with Gasteiger partial charge in [-0.3, -0.25) is 4.90 Å². The van der Waals surface area contributed by atoms with Crippen LogP contribution in [0.1, 0.15) is 48.2 Å². The van der Waals surface area contributed by atoms with Gasteiger partial charge in [-0.25, -0.2) is 4.98 Å². The second kappa shape index (κ2) is 5.25. The average molecular weight is 240 g/mol. The van der Waals surface area contributed by atoms with E-state index in [1.165, 1.54) is 25.9 Å². The Kier molecular flexibility index (Phi) is 3.95. The maximum absolute atomic E-state index is 9.30. The van der Waals surface area contributed by atoms with Crippen LogP contribution in [-0.4, -0.2) is 28.1 Å². The van der Waals surface area contributed by atoms with E-state index >= 15 is 0 Å². The van der Waals surface area contributed by atoms with Crippen LogP contribution < -0.4 is 0 Å². The number of thiazole rings is 1. The number of rotatable bonds is 4. The molecule has 1 aliphatic heterocycles. The molecule has 1 fully saturated rings. The van der Waals surface area contributed by atoms with E-state index in [0.717, 1.165) is 22.1 Å². The lowest BCUT2D eigenvalue weighted by Gasteiger charge is -2.11. The number of likely N-dealkylation sites (tertiary alicyclic amines) is 1. The fourth-order valence-corrected chi connectivity index (χ4v) is 3.30. The second-order valence-corrected chi connectivity index (χ2v) is 5.88. The molecule has 4 heteroatoms. The molecule has 0 aromatic carbocycles. The summed E-state index contributed by atoms with van der Waals surface area (Å²) in [7, 11) is 0. The summed E-state index contributed by atoms with van der Waals surface area (Å²) < 4.78 is 0. The van der Waals surface area contributed by atoms with Crippen molar-refractivity contribution < 1.29 is 5.11 Å². The van der Waals surface area contributed by atoms with Crippen molar-refractivity contribution >= 4 is 11.3 Å². The lowest BCUT2D eigenvalue weighted by molar-refractivity contribution is 0.283. The molecule has 90 valence electrons. The van der Waals surface area contributed by atoms with E-state index in [2.05, 4.69) is 23.7 Å². The van der Waals surface area contributed by atoms with Gasteiger partial charge in [0.2, 0.25) is 0 Å². The molecule has 0 radical (unpaired) electrons. The van der Waals surface area contributed by atoms with Gasteiger partial charge in [-0.05, 0) is 31.8 Å². The molecule has 1 saturated heterocycles. The smallest absolute Gasteiger partial charge is 0.107 e. The van der Waals surface area contributed by atoms with Gasteiger partial charge < -0.3 is 5.11 Å². The molecule has 0 amide bonds. The summed E-state index contributed by atoms with van der Waals surface area (Å²) in [4.78, 5) is 8.15. The van der Waals surface area contributed by atoms with Gasteiger partial charge in [0.25, 0.3) is 0 Å². The van der Waals surface area contributed by atoms with Crippen molar-refractivity contribution in [2.45, 2.75) is 45.8 Å². The highest BCUT2D eigenvalue weighted by Gasteiger charge is 2.17. The Morgan fingerprint density at radius 3 is 2.56 bits per heavy atom. The van der Waals surface area contributed by atoms with Gasteiger partial charge in [-0.15, -0.1) is 11.3 Å². The van der Waals surface area contributed by atoms with Crippen molar-refractivity contribution in [3.8, 4) is 0 Å². The minimum atomic E-state index is 0.130. The van der Waals surface area contributed by atoms with Crippen LogP contribution in [0.2, 0.25) is 0 Å². The molecule has 3 nitrogen and oxygen atoms in total. The summed E-state index contributed by atoms with van der Waals surface area (Å²) in [5, 5.41) is 10.5. The summed E-state index contributed by atoms with van der Waals surface area (Å²) in [6.45, 7) is 7.76. The van der Waals surface area contributed by atoms with Crippen LogP contribution in [0.25, 0.3) is 0 Å². The summed E-state index contributed by atoms with van der Waals surface area (Å²) in [6, 6.07) is 0. The van der Waals surface area contributed by atoms with Crippen LogP contribution in [0.5, 0.6) is 0 Å². The molecule has 0 spiro atoms. The minimum absolute atomic E-state index is 0.130. The van der Waals surface area contributed by atoms with Crippen LogP contribution in [0, 0.1) is 0 Å². The SMILES string of the molecule is CC(C)c1nc(CN2CCCC2)sc1CO. The molecular formula is C12H20N2OS. The molecule has 1 N–H and O–H groups in total. The van der Waals surface area contributed by atoms with Crippen LogP contribution in [0.4, 0.5) is 0 Å². The Labute approximate surface area is 101 Å². The Balaban J connectivity index is 2.09. The maximum atomic E-state index is 9.30. The highest BCUT2D eigenvalue weighted by Crippen LogP contribution is 2.26. The van der Waals surface area contributed by atoms with Gasteiger partial charge in [0.1, 0.15) is 5.01 Å². The van der Waals surface area contributed by atoms with E-state index in [9.17, 15) is 5.11 Å². The highest BCUT2D eigenvalue weighted by atomic mass is 32.1. The topological polar surface area (TPSA) is 36.4 Å².